The largest absolute Gasteiger partial charge is 0.389 e. The zero-order chi connectivity index (χ0) is 13.3. The van der Waals surface area contributed by atoms with Gasteiger partial charge in [0.25, 0.3) is 0 Å². The number of hydrogen-bond donors (Lipinski definition) is 1. The minimum Gasteiger partial charge on any atom is -0.389 e. The second-order valence-corrected chi connectivity index (χ2v) is 5.67. The van der Waals surface area contributed by atoms with Crippen LogP contribution in [0.4, 0.5) is 0 Å². The van der Waals surface area contributed by atoms with Gasteiger partial charge in [0.15, 0.2) is 0 Å². The zero-order valence-corrected chi connectivity index (χ0v) is 11.3. The molecule has 2 aromatic rings. The molecule has 3 rings (SSSR count). The van der Waals surface area contributed by atoms with E-state index in [1.54, 1.807) is 0 Å². The van der Waals surface area contributed by atoms with Crippen molar-refractivity contribution in [1.29, 1.82) is 0 Å². The first kappa shape index (κ1) is 12.4. The van der Waals surface area contributed by atoms with Gasteiger partial charge in [-0.1, -0.05) is 61.5 Å². The van der Waals surface area contributed by atoms with Crippen molar-refractivity contribution in [2.45, 2.75) is 37.7 Å². The monoisotopic (exact) mass is 252 g/mol. The van der Waals surface area contributed by atoms with Crippen LogP contribution in [0.3, 0.4) is 0 Å². The molecule has 1 N–H and O–H groups in total. The third kappa shape index (κ3) is 2.31. The van der Waals surface area contributed by atoms with Crippen molar-refractivity contribution in [2.75, 3.05) is 0 Å². The van der Waals surface area contributed by atoms with Gasteiger partial charge in [0.2, 0.25) is 0 Å². The van der Waals surface area contributed by atoms with Gasteiger partial charge in [-0.15, -0.1) is 0 Å². The average Bonchev–Trinajstić information content (AvgIpc) is 2.45. The molecule has 0 heterocycles. The maximum atomic E-state index is 10.4. The Labute approximate surface area is 114 Å². The normalized spacial score (nSPS) is 18.6. The van der Waals surface area contributed by atoms with Crippen molar-refractivity contribution in [3.8, 4) is 11.1 Å². The highest BCUT2D eigenvalue weighted by Gasteiger charge is 2.40. The van der Waals surface area contributed by atoms with Gasteiger partial charge in [-0.05, 0) is 36.0 Å². The van der Waals surface area contributed by atoms with Crippen LogP contribution in [-0.4, -0.2) is 10.7 Å². The number of benzene rings is 2. The molecule has 2 aromatic carbocycles. The first-order valence-corrected chi connectivity index (χ1v) is 7.07. The summed E-state index contributed by atoms with van der Waals surface area (Å²) in [5.41, 5.74) is 3.25. The van der Waals surface area contributed by atoms with Gasteiger partial charge in [-0.3, -0.25) is 0 Å². The van der Waals surface area contributed by atoms with E-state index in [1.807, 2.05) is 6.07 Å². The summed E-state index contributed by atoms with van der Waals surface area (Å²) < 4.78 is 0. The van der Waals surface area contributed by atoms with Crippen LogP contribution < -0.4 is 0 Å². The molecule has 98 valence electrons. The van der Waals surface area contributed by atoms with Crippen LogP contribution in [0.5, 0.6) is 0 Å². The minimum absolute atomic E-state index is 0.228. The molecule has 0 spiro atoms. The van der Waals surface area contributed by atoms with E-state index in [-0.39, 0.29) is 5.92 Å². The van der Waals surface area contributed by atoms with E-state index in [2.05, 4.69) is 55.5 Å². The van der Waals surface area contributed by atoms with E-state index in [0.717, 1.165) is 19.3 Å². The summed E-state index contributed by atoms with van der Waals surface area (Å²) in [6, 6.07) is 19.0. The average molecular weight is 252 g/mol. The summed E-state index contributed by atoms with van der Waals surface area (Å²) in [5.74, 6) is 0.228. The summed E-state index contributed by atoms with van der Waals surface area (Å²) >= 11 is 0. The van der Waals surface area contributed by atoms with Gasteiger partial charge in [0.05, 0.1) is 5.60 Å². The predicted molar refractivity (Wildman–Crippen MR) is 79.1 cm³/mol. The second-order valence-electron chi connectivity index (χ2n) is 5.67. The topological polar surface area (TPSA) is 20.2 Å². The molecule has 19 heavy (non-hydrogen) atoms. The molecule has 0 bridgehead atoms. The molecule has 1 fully saturated rings. The fourth-order valence-electron chi connectivity index (χ4n) is 2.88. The Bertz CT molecular complexity index is 538. The maximum Gasteiger partial charge on any atom is 0.0713 e. The Hall–Kier alpha value is -1.60. The lowest BCUT2D eigenvalue weighted by atomic mass is 9.69. The van der Waals surface area contributed by atoms with Crippen LogP contribution in [-0.2, 0) is 0 Å². The standard InChI is InChI=1S/C18H20O/c1-14(18(19)12-5-13-18)15-8-10-17(11-9-15)16-6-3-2-4-7-16/h2-4,6-11,14,19H,5,12-13H2,1H3. The Morgan fingerprint density at radius 3 is 2.00 bits per heavy atom. The lowest BCUT2D eigenvalue weighted by Gasteiger charge is -2.42. The molecule has 1 atom stereocenters. The molecular weight excluding hydrogens is 232 g/mol. The Balaban J connectivity index is 1.83. The molecule has 1 saturated carbocycles. The van der Waals surface area contributed by atoms with Gasteiger partial charge in [0.1, 0.15) is 0 Å². The van der Waals surface area contributed by atoms with Crippen LogP contribution in [0.25, 0.3) is 11.1 Å². The Morgan fingerprint density at radius 2 is 1.47 bits per heavy atom. The van der Waals surface area contributed by atoms with E-state index in [0.29, 0.717) is 0 Å². The molecule has 0 saturated heterocycles. The first-order chi connectivity index (χ1) is 9.19. The van der Waals surface area contributed by atoms with Crippen molar-refractivity contribution in [3.63, 3.8) is 0 Å². The summed E-state index contributed by atoms with van der Waals surface area (Å²) in [5, 5.41) is 10.4. The van der Waals surface area contributed by atoms with E-state index in [1.165, 1.54) is 16.7 Å². The Morgan fingerprint density at radius 1 is 0.895 bits per heavy atom. The van der Waals surface area contributed by atoms with Gasteiger partial charge in [0, 0.05) is 5.92 Å². The Kier molecular flexibility index (Phi) is 3.16. The fourth-order valence-corrected chi connectivity index (χ4v) is 2.88. The molecule has 1 unspecified atom stereocenters. The molecular formula is C18H20O. The quantitative estimate of drug-likeness (QED) is 0.860. The fraction of sp³-hybridized carbons (Fsp3) is 0.333. The third-order valence-electron chi connectivity index (χ3n) is 4.54. The van der Waals surface area contributed by atoms with Crippen molar-refractivity contribution in [3.05, 3.63) is 60.2 Å². The van der Waals surface area contributed by atoms with Crippen molar-refractivity contribution in [2.24, 2.45) is 0 Å². The number of hydrogen-bond acceptors (Lipinski definition) is 1. The molecule has 0 aliphatic heterocycles. The lowest BCUT2D eigenvalue weighted by Crippen LogP contribution is -2.41. The van der Waals surface area contributed by atoms with Gasteiger partial charge >= 0.3 is 0 Å². The van der Waals surface area contributed by atoms with Crippen LogP contribution in [0.15, 0.2) is 54.6 Å². The summed E-state index contributed by atoms with van der Waals surface area (Å²) in [7, 11) is 0. The summed E-state index contributed by atoms with van der Waals surface area (Å²) in [4.78, 5) is 0. The SMILES string of the molecule is CC(c1ccc(-c2ccccc2)cc1)C1(O)CCC1. The molecule has 1 aliphatic carbocycles. The van der Waals surface area contributed by atoms with E-state index in [4.69, 9.17) is 0 Å². The van der Waals surface area contributed by atoms with Gasteiger partial charge in [-0.25, -0.2) is 0 Å². The van der Waals surface area contributed by atoms with Crippen LogP contribution in [0.1, 0.15) is 37.7 Å². The van der Waals surface area contributed by atoms with E-state index >= 15 is 0 Å². The smallest absolute Gasteiger partial charge is 0.0713 e. The second kappa shape index (κ2) is 4.82. The molecule has 0 amide bonds. The number of aliphatic hydroxyl groups is 1. The summed E-state index contributed by atoms with van der Waals surface area (Å²) in [6.07, 6.45) is 3.03. The highest BCUT2D eigenvalue weighted by atomic mass is 16.3. The summed E-state index contributed by atoms with van der Waals surface area (Å²) in [6.45, 7) is 2.14. The van der Waals surface area contributed by atoms with Crippen molar-refractivity contribution >= 4 is 0 Å². The molecule has 0 radical (unpaired) electrons. The van der Waals surface area contributed by atoms with E-state index in [9.17, 15) is 5.11 Å². The van der Waals surface area contributed by atoms with Crippen molar-refractivity contribution < 1.29 is 5.11 Å². The molecule has 1 aliphatic rings. The number of rotatable bonds is 3. The minimum atomic E-state index is -0.464. The molecule has 1 heteroatoms. The molecule has 0 aromatic heterocycles. The zero-order valence-electron chi connectivity index (χ0n) is 11.3. The third-order valence-corrected chi connectivity index (χ3v) is 4.54. The highest BCUT2D eigenvalue weighted by molar-refractivity contribution is 5.63. The first-order valence-electron chi connectivity index (χ1n) is 7.07. The van der Waals surface area contributed by atoms with E-state index < -0.39 is 5.60 Å². The van der Waals surface area contributed by atoms with Gasteiger partial charge in [-0.2, -0.15) is 0 Å². The molecule has 1 nitrogen and oxygen atoms in total. The predicted octanol–water partition coefficient (Wildman–Crippen LogP) is 4.37. The van der Waals surface area contributed by atoms with Crippen LogP contribution in [0.2, 0.25) is 0 Å². The van der Waals surface area contributed by atoms with Crippen LogP contribution >= 0.6 is 0 Å². The van der Waals surface area contributed by atoms with Crippen molar-refractivity contribution in [1.82, 2.24) is 0 Å². The van der Waals surface area contributed by atoms with Crippen LogP contribution in [0, 0.1) is 0 Å². The van der Waals surface area contributed by atoms with Gasteiger partial charge < -0.3 is 5.11 Å². The lowest BCUT2D eigenvalue weighted by molar-refractivity contribution is -0.0527. The maximum absolute atomic E-state index is 10.4. The highest BCUT2D eigenvalue weighted by Crippen LogP contribution is 2.43.